The van der Waals surface area contributed by atoms with E-state index in [0.29, 0.717) is 18.6 Å². The maximum Gasteiger partial charge on any atom is 0.160 e. The normalized spacial score (nSPS) is 11.3. The summed E-state index contributed by atoms with van der Waals surface area (Å²) in [7, 11) is 3.28. The zero-order chi connectivity index (χ0) is 19.9. The van der Waals surface area contributed by atoms with E-state index in [9.17, 15) is 4.79 Å². The van der Waals surface area contributed by atoms with Gasteiger partial charge in [-0.3, -0.25) is 4.79 Å². The van der Waals surface area contributed by atoms with E-state index in [1.54, 1.807) is 20.3 Å². The van der Waals surface area contributed by atoms with E-state index < -0.39 is 0 Å². The summed E-state index contributed by atoms with van der Waals surface area (Å²) in [5.74, 6) is 3.22. The van der Waals surface area contributed by atoms with Crippen LogP contribution in [0, 0.1) is 0 Å². The average Bonchev–Trinajstić information content (AvgIpc) is 3.18. The average molecular weight is 376 g/mol. The molecule has 0 amide bonds. The molecule has 0 unspecified atom stereocenters. The summed E-state index contributed by atoms with van der Waals surface area (Å²) < 4.78 is 16.2. The molecule has 0 N–H and O–H groups in total. The Bertz CT molecular complexity index is 947. The number of carbonyl (C=O) groups is 1. The fourth-order valence-electron chi connectivity index (χ4n) is 2.94. The molecule has 0 aliphatic rings. The number of furan rings is 1. The lowest BCUT2D eigenvalue weighted by molar-refractivity contribution is -0.114. The summed E-state index contributed by atoms with van der Waals surface area (Å²) in [4.78, 5) is 12.3. The lowest BCUT2D eigenvalue weighted by Crippen LogP contribution is -1.99. The zero-order valence-corrected chi connectivity index (χ0v) is 16.4. The Balaban J connectivity index is 1.62. The number of hydrogen-bond donors (Lipinski definition) is 0. The Morgan fingerprint density at radius 1 is 0.857 bits per heavy atom. The Morgan fingerprint density at radius 3 is 2.00 bits per heavy atom. The number of methoxy groups -OCH3 is 2. The van der Waals surface area contributed by atoms with E-state index in [1.165, 1.54) is 0 Å². The van der Waals surface area contributed by atoms with Gasteiger partial charge >= 0.3 is 0 Å². The van der Waals surface area contributed by atoms with Gasteiger partial charge in [-0.15, -0.1) is 0 Å². The van der Waals surface area contributed by atoms with Crippen molar-refractivity contribution in [2.24, 2.45) is 0 Å². The fraction of sp³-hybridized carbons (Fsp3) is 0.208. The van der Waals surface area contributed by atoms with E-state index in [2.05, 4.69) is 0 Å². The first kappa shape index (κ1) is 19.5. The van der Waals surface area contributed by atoms with E-state index in [4.69, 9.17) is 13.9 Å². The minimum absolute atomic E-state index is 0.0378. The molecule has 0 saturated heterocycles. The molecule has 0 saturated carbocycles. The van der Waals surface area contributed by atoms with Gasteiger partial charge in [0.25, 0.3) is 0 Å². The van der Waals surface area contributed by atoms with Gasteiger partial charge in [0.15, 0.2) is 5.78 Å². The minimum Gasteiger partial charge on any atom is -0.497 e. The van der Waals surface area contributed by atoms with Gasteiger partial charge in [0.1, 0.15) is 23.0 Å². The van der Waals surface area contributed by atoms with Gasteiger partial charge in [0.05, 0.1) is 14.2 Å². The van der Waals surface area contributed by atoms with E-state index in [-0.39, 0.29) is 5.78 Å². The van der Waals surface area contributed by atoms with E-state index in [1.807, 2.05) is 67.6 Å². The van der Waals surface area contributed by atoms with Crippen molar-refractivity contribution in [2.75, 3.05) is 14.2 Å². The molecule has 0 bridgehead atoms. The van der Waals surface area contributed by atoms with Gasteiger partial charge in [0.2, 0.25) is 0 Å². The molecule has 4 nitrogen and oxygen atoms in total. The molecule has 1 aromatic heterocycles. The molecule has 1 heterocycles. The van der Waals surface area contributed by atoms with Crippen LogP contribution in [0.5, 0.6) is 11.5 Å². The molecule has 3 aromatic rings. The molecule has 0 aliphatic carbocycles. The fourth-order valence-corrected chi connectivity index (χ4v) is 2.94. The third-order valence-electron chi connectivity index (χ3n) is 4.50. The highest BCUT2D eigenvalue weighted by atomic mass is 16.5. The predicted octanol–water partition coefficient (Wildman–Crippen LogP) is 5.10. The second-order valence-corrected chi connectivity index (χ2v) is 6.61. The molecule has 3 rings (SSSR count). The molecule has 0 fully saturated rings. The first-order chi connectivity index (χ1) is 13.6. The molecule has 2 aromatic carbocycles. The topological polar surface area (TPSA) is 48.7 Å². The number of ether oxygens (including phenoxy) is 2. The van der Waals surface area contributed by atoms with Crippen LogP contribution < -0.4 is 9.47 Å². The Kier molecular flexibility index (Phi) is 6.33. The van der Waals surface area contributed by atoms with Crippen molar-refractivity contribution in [3.63, 3.8) is 0 Å². The van der Waals surface area contributed by atoms with Crippen LogP contribution in [0.25, 0.3) is 5.57 Å². The first-order valence-electron chi connectivity index (χ1n) is 9.13. The zero-order valence-electron chi connectivity index (χ0n) is 16.4. The summed E-state index contributed by atoms with van der Waals surface area (Å²) in [6, 6.07) is 19.3. The van der Waals surface area contributed by atoms with Crippen molar-refractivity contribution in [2.45, 2.75) is 19.8 Å². The largest absolute Gasteiger partial charge is 0.497 e. The quantitative estimate of drug-likeness (QED) is 0.513. The third kappa shape index (κ3) is 5.13. The second-order valence-electron chi connectivity index (χ2n) is 6.61. The molecular weight excluding hydrogens is 352 g/mol. The summed E-state index contributed by atoms with van der Waals surface area (Å²) in [6.45, 7) is 1.89. The van der Waals surface area contributed by atoms with Crippen LogP contribution in [0.3, 0.4) is 0 Å². The van der Waals surface area contributed by atoms with Crippen LogP contribution in [-0.4, -0.2) is 20.0 Å². The van der Waals surface area contributed by atoms with Crippen LogP contribution in [-0.2, 0) is 17.6 Å². The second kappa shape index (κ2) is 9.09. The van der Waals surface area contributed by atoms with Crippen LogP contribution in [0.2, 0.25) is 0 Å². The SMILES string of the molecule is COc1ccc(CC(=O)/C=C(\C)c2ccc(Cc3ccc(OC)cc3)o2)cc1. The summed E-state index contributed by atoms with van der Waals surface area (Å²) in [5, 5.41) is 0. The molecule has 0 aliphatic heterocycles. The van der Waals surface area contributed by atoms with Gasteiger partial charge in [-0.25, -0.2) is 0 Å². The van der Waals surface area contributed by atoms with Gasteiger partial charge in [-0.05, 0) is 66.1 Å². The van der Waals surface area contributed by atoms with Crippen LogP contribution in [0.15, 0.2) is 71.2 Å². The summed E-state index contributed by atoms with van der Waals surface area (Å²) >= 11 is 0. The maximum atomic E-state index is 12.3. The van der Waals surface area contributed by atoms with Gasteiger partial charge in [0, 0.05) is 12.8 Å². The Labute approximate surface area is 165 Å². The third-order valence-corrected chi connectivity index (χ3v) is 4.50. The van der Waals surface area contributed by atoms with Crippen LogP contribution in [0.1, 0.15) is 29.6 Å². The maximum absolute atomic E-state index is 12.3. The molecule has 0 atom stereocenters. The van der Waals surface area contributed by atoms with Crippen molar-refractivity contribution in [1.82, 2.24) is 0 Å². The number of rotatable bonds is 8. The molecule has 144 valence electrons. The number of benzene rings is 2. The lowest BCUT2D eigenvalue weighted by atomic mass is 10.1. The van der Waals surface area contributed by atoms with Crippen LogP contribution in [0.4, 0.5) is 0 Å². The number of carbonyl (C=O) groups excluding carboxylic acids is 1. The molecule has 0 radical (unpaired) electrons. The highest BCUT2D eigenvalue weighted by Gasteiger charge is 2.08. The molecular formula is C24H24O4. The standard InChI is InChI=1S/C24H24O4/c1-17(14-20(25)15-18-4-8-21(26-2)9-5-18)24-13-12-23(28-24)16-19-6-10-22(27-3)11-7-19/h4-14H,15-16H2,1-3H3/b17-14+. The highest BCUT2D eigenvalue weighted by molar-refractivity contribution is 5.97. The number of ketones is 1. The predicted molar refractivity (Wildman–Crippen MR) is 110 cm³/mol. The molecule has 28 heavy (non-hydrogen) atoms. The van der Waals surface area contributed by atoms with E-state index in [0.717, 1.165) is 34.0 Å². The van der Waals surface area contributed by atoms with Crippen molar-refractivity contribution in [1.29, 1.82) is 0 Å². The van der Waals surface area contributed by atoms with Crippen molar-refractivity contribution < 1.29 is 18.7 Å². The summed E-state index contributed by atoms with van der Waals surface area (Å²) in [6.07, 6.45) is 2.68. The molecule has 0 spiro atoms. The van der Waals surface area contributed by atoms with Crippen molar-refractivity contribution in [3.05, 3.63) is 89.4 Å². The van der Waals surface area contributed by atoms with Gasteiger partial charge < -0.3 is 13.9 Å². The van der Waals surface area contributed by atoms with E-state index >= 15 is 0 Å². The minimum atomic E-state index is 0.0378. The first-order valence-corrected chi connectivity index (χ1v) is 9.13. The lowest BCUT2D eigenvalue weighted by Gasteiger charge is -2.03. The Morgan fingerprint density at radius 2 is 1.43 bits per heavy atom. The molecule has 4 heteroatoms. The summed E-state index contributed by atoms with van der Waals surface area (Å²) in [5.41, 5.74) is 2.91. The smallest absolute Gasteiger partial charge is 0.160 e. The number of allylic oxidation sites excluding steroid dienone is 2. The monoisotopic (exact) mass is 376 g/mol. The van der Waals surface area contributed by atoms with Gasteiger partial charge in [-0.2, -0.15) is 0 Å². The highest BCUT2D eigenvalue weighted by Crippen LogP contribution is 2.21. The Hall–Kier alpha value is -3.27. The number of hydrogen-bond acceptors (Lipinski definition) is 4. The van der Waals surface area contributed by atoms with Crippen molar-refractivity contribution in [3.8, 4) is 11.5 Å². The van der Waals surface area contributed by atoms with Crippen LogP contribution >= 0.6 is 0 Å². The van der Waals surface area contributed by atoms with Gasteiger partial charge in [-0.1, -0.05) is 24.3 Å². The van der Waals surface area contributed by atoms with Crippen molar-refractivity contribution >= 4 is 11.4 Å².